The van der Waals surface area contributed by atoms with Crippen molar-refractivity contribution >= 4 is 22.9 Å². The van der Waals surface area contributed by atoms with Crippen LogP contribution in [0.25, 0.3) is 11.2 Å². The van der Waals surface area contributed by atoms with Gasteiger partial charge in [-0.25, -0.2) is 15.0 Å². The maximum Gasteiger partial charge on any atom is 0.251 e. The van der Waals surface area contributed by atoms with Gasteiger partial charge in [-0.15, -0.1) is 6.42 Å². The van der Waals surface area contributed by atoms with Crippen molar-refractivity contribution in [3.8, 4) is 12.3 Å². The summed E-state index contributed by atoms with van der Waals surface area (Å²) >= 11 is 0. The number of aliphatic hydroxyl groups excluding tert-OH is 2. The van der Waals surface area contributed by atoms with Gasteiger partial charge in [0.25, 0.3) is 5.91 Å². The van der Waals surface area contributed by atoms with Crippen LogP contribution < -0.4 is 5.32 Å². The van der Waals surface area contributed by atoms with E-state index in [4.69, 9.17) is 15.9 Å². The highest BCUT2D eigenvalue weighted by atomic mass is 16.6. The van der Waals surface area contributed by atoms with Gasteiger partial charge in [-0.3, -0.25) is 9.36 Å². The van der Waals surface area contributed by atoms with E-state index in [9.17, 15) is 15.0 Å². The number of hydrogen-bond acceptors (Lipinski definition) is 8. The molecule has 0 spiro atoms. The van der Waals surface area contributed by atoms with Crippen LogP contribution in [0.2, 0.25) is 0 Å². The number of carbonyl (C=O) groups excluding carboxylic acids is 1. The Hall–Kier alpha value is -2.58. The maximum absolute atomic E-state index is 12.4. The van der Waals surface area contributed by atoms with Crippen LogP contribution in [-0.4, -0.2) is 67.2 Å². The van der Waals surface area contributed by atoms with E-state index in [1.165, 1.54) is 32.0 Å². The zero-order valence-corrected chi connectivity index (χ0v) is 19.3. The second kappa shape index (κ2) is 11.5. The Balaban J connectivity index is 1.62. The van der Waals surface area contributed by atoms with E-state index >= 15 is 0 Å². The first-order chi connectivity index (χ1) is 15.9. The lowest BCUT2D eigenvalue weighted by Gasteiger charge is -2.23. The zero-order valence-electron chi connectivity index (χ0n) is 19.3. The van der Waals surface area contributed by atoms with Gasteiger partial charge in [-0.1, -0.05) is 44.9 Å². The molecule has 10 heteroatoms. The molecular weight excluding hydrogens is 426 g/mol. The van der Waals surface area contributed by atoms with Crippen LogP contribution in [0.1, 0.15) is 63.9 Å². The molecule has 3 heterocycles. The number of aliphatic hydroxyl groups is 2. The van der Waals surface area contributed by atoms with Crippen LogP contribution in [0.4, 0.5) is 5.82 Å². The molecule has 3 rings (SSSR count). The van der Waals surface area contributed by atoms with E-state index in [1.807, 2.05) is 0 Å². The first-order valence-corrected chi connectivity index (χ1v) is 11.5. The third-order valence-corrected chi connectivity index (χ3v) is 5.77. The van der Waals surface area contributed by atoms with Gasteiger partial charge in [0.1, 0.15) is 24.8 Å². The zero-order chi connectivity index (χ0) is 23.8. The highest BCUT2D eigenvalue weighted by Crippen LogP contribution is 2.37. The van der Waals surface area contributed by atoms with Crippen molar-refractivity contribution in [3.05, 3.63) is 12.2 Å². The largest absolute Gasteiger partial charge is 0.392 e. The Bertz CT molecular complexity index is 988. The number of amides is 1. The van der Waals surface area contributed by atoms with E-state index in [0.29, 0.717) is 23.6 Å². The molecule has 10 nitrogen and oxygen atoms in total. The highest BCUT2D eigenvalue weighted by Gasteiger charge is 2.47. The number of anilines is 1. The van der Waals surface area contributed by atoms with Gasteiger partial charge >= 0.3 is 0 Å². The van der Waals surface area contributed by atoms with E-state index < -0.39 is 24.5 Å². The second-order valence-electron chi connectivity index (χ2n) is 8.33. The summed E-state index contributed by atoms with van der Waals surface area (Å²) in [6.07, 6.45) is 12.3. The van der Waals surface area contributed by atoms with Crippen molar-refractivity contribution in [1.29, 1.82) is 0 Å². The van der Waals surface area contributed by atoms with Gasteiger partial charge in [-0.2, -0.15) is 0 Å². The Morgan fingerprint density at radius 1 is 1.36 bits per heavy atom. The summed E-state index contributed by atoms with van der Waals surface area (Å²) in [4.78, 5) is 25.4. The SMILES string of the molecule is C#C[C@]1(CO)O[C@@H](n2cnc3c(NC(=O)COCCCCCCCC)nc(C)nc32)C[C@@H]1O. The molecule has 1 aliphatic rings. The standard InChI is InChI=1S/C23H33N5O5/c1-4-6-7-8-9-10-11-32-13-18(31)27-21-20-22(26-16(3)25-21)28(15-24-20)19-12-17(30)23(5-2,14-29)33-19/h2,15,17,19,29-30H,4,6-14H2,1,3H3,(H,25,26,27,31)/t17-,19+,23+/m0/s1. The van der Waals surface area contributed by atoms with E-state index in [-0.39, 0.29) is 24.8 Å². The summed E-state index contributed by atoms with van der Waals surface area (Å²) in [7, 11) is 0. The second-order valence-corrected chi connectivity index (χ2v) is 8.33. The summed E-state index contributed by atoms with van der Waals surface area (Å²) in [5.74, 6) is 2.72. The van der Waals surface area contributed by atoms with Crippen molar-refractivity contribution in [2.75, 3.05) is 25.1 Å². The molecule has 0 aliphatic carbocycles. The van der Waals surface area contributed by atoms with Crippen molar-refractivity contribution in [3.63, 3.8) is 0 Å². The van der Waals surface area contributed by atoms with Crippen LogP contribution in [0.3, 0.4) is 0 Å². The Morgan fingerprint density at radius 2 is 2.12 bits per heavy atom. The molecule has 1 amide bonds. The van der Waals surface area contributed by atoms with Crippen LogP contribution in [0, 0.1) is 19.3 Å². The number of aromatic nitrogens is 4. The monoisotopic (exact) mass is 459 g/mol. The molecule has 0 unspecified atom stereocenters. The molecule has 1 fully saturated rings. The number of ether oxygens (including phenoxy) is 2. The molecule has 33 heavy (non-hydrogen) atoms. The summed E-state index contributed by atoms with van der Waals surface area (Å²) in [6.45, 7) is 3.84. The average molecular weight is 460 g/mol. The lowest BCUT2D eigenvalue weighted by Crippen LogP contribution is -2.41. The van der Waals surface area contributed by atoms with Crippen molar-refractivity contribution in [1.82, 2.24) is 19.5 Å². The number of unbranched alkanes of at least 4 members (excludes halogenated alkanes) is 5. The summed E-state index contributed by atoms with van der Waals surface area (Å²) in [6, 6.07) is 0. The third kappa shape index (κ3) is 5.86. The molecule has 1 aliphatic heterocycles. The Labute approximate surface area is 193 Å². The summed E-state index contributed by atoms with van der Waals surface area (Å²) in [5, 5.41) is 22.7. The number of aryl methyl sites for hydroxylation is 1. The van der Waals surface area contributed by atoms with Crippen LogP contribution in [0.15, 0.2) is 6.33 Å². The molecule has 0 saturated carbocycles. The van der Waals surface area contributed by atoms with Crippen LogP contribution in [-0.2, 0) is 14.3 Å². The van der Waals surface area contributed by atoms with E-state index in [2.05, 4.69) is 33.1 Å². The van der Waals surface area contributed by atoms with Gasteiger partial charge in [0.2, 0.25) is 0 Å². The number of imidazole rings is 1. The normalized spacial score (nSPS) is 22.5. The predicted molar refractivity (Wildman–Crippen MR) is 122 cm³/mol. The number of hydrogen-bond donors (Lipinski definition) is 3. The van der Waals surface area contributed by atoms with Crippen LogP contribution in [0.5, 0.6) is 0 Å². The molecule has 2 aromatic heterocycles. The van der Waals surface area contributed by atoms with E-state index in [1.54, 1.807) is 11.5 Å². The van der Waals surface area contributed by atoms with E-state index in [0.717, 1.165) is 12.8 Å². The minimum Gasteiger partial charge on any atom is -0.392 e. The number of carbonyl (C=O) groups is 1. The number of nitrogens with zero attached hydrogens (tertiary/aromatic N) is 4. The molecule has 0 radical (unpaired) electrons. The topological polar surface area (TPSA) is 132 Å². The summed E-state index contributed by atoms with van der Waals surface area (Å²) < 4.78 is 12.9. The van der Waals surface area contributed by atoms with Gasteiger partial charge in [0, 0.05) is 13.0 Å². The Morgan fingerprint density at radius 3 is 2.82 bits per heavy atom. The molecule has 180 valence electrons. The molecule has 3 N–H and O–H groups in total. The minimum atomic E-state index is -1.48. The average Bonchev–Trinajstić information content (AvgIpc) is 3.36. The lowest BCUT2D eigenvalue weighted by molar-refractivity contribution is -0.120. The maximum atomic E-state index is 12.4. The smallest absolute Gasteiger partial charge is 0.251 e. The number of fused-ring (bicyclic) bond motifs is 1. The van der Waals surface area contributed by atoms with Crippen molar-refractivity contribution in [2.45, 2.75) is 76.7 Å². The number of rotatable bonds is 12. The fraction of sp³-hybridized carbons (Fsp3) is 0.652. The van der Waals surface area contributed by atoms with Gasteiger partial charge < -0.3 is 25.0 Å². The Kier molecular flexibility index (Phi) is 8.74. The highest BCUT2D eigenvalue weighted by molar-refractivity contribution is 5.97. The van der Waals surface area contributed by atoms with Gasteiger partial charge in [0.05, 0.1) is 12.9 Å². The van der Waals surface area contributed by atoms with Crippen LogP contribution >= 0.6 is 0 Å². The van der Waals surface area contributed by atoms with Crippen molar-refractivity contribution < 1.29 is 24.5 Å². The third-order valence-electron chi connectivity index (χ3n) is 5.77. The molecule has 3 atom stereocenters. The van der Waals surface area contributed by atoms with Gasteiger partial charge in [0.15, 0.2) is 22.6 Å². The molecule has 0 bridgehead atoms. The molecule has 1 saturated heterocycles. The predicted octanol–water partition coefficient (Wildman–Crippen LogP) is 2.09. The lowest BCUT2D eigenvalue weighted by atomic mass is 9.99. The summed E-state index contributed by atoms with van der Waals surface area (Å²) in [5.41, 5.74) is -0.674. The van der Waals surface area contributed by atoms with Gasteiger partial charge in [-0.05, 0) is 13.3 Å². The van der Waals surface area contributed by atoms with Crippen molar-refractivity contribution in [2.24, 2.45) is 0 Å². The molecular formula is C23H33N5O5. The minimum absolute atomic E-state index is 0.0701. The first kappa shape index (κ1) is 25.1. The number of nitrogens with one attached hydrogen (secondary N) is 1. The first-order valence-electron chi connectivity index (χ1n) is 11.5. The number of terminal acetylenes is 1. The fourth-order valence-corrected chi connectivity index (χ4v) is 3.88. The molecule has 2 aromatic rings. The molecule has 0 aromatic carbocycles. The quantitative estimate of drug-likeness (QED) is 0.325. The fourth-order valence-electron chi connectivity index (χ4n) is 3.88.